The van der Waals surface area contributed by atoms with E-state index in [2.05, 4.69) is 26.3 Å². The topological polar surface area (TPSA) is 311 Å². The number of anilines is 2. The molecular weight excluding hydrogens is 889 g/mol. The monoisotopic (exact) mass is 936 g/mol. The van der Waals surface area contributed by atoms with Crippen LogP contribution in [0.4, 0.5) is 11.4 Å². The second-order valence-electron chi connectivity index (χ2n) is 16.7. The zero-order chi connectivity index (χ0) is 47.0. The summed E-state index contributed by atoms with van der Waals surface area (Å²) in [6.45, 7) is 5.41. The molecular formula is C43H48N6O14S2. The van der Waals surface area contributed by atoms with Crippen LogP contribution in [0.1, 0.15) is 60.7 Å². The standard InChI is InChI=1S/C43H48N6O14S2/c1-17-33-30(18(2)50)38(53)49(33)34(42(60)61)35(17)65-25-13-28(45-16-25)37(52)47-23-9-5-7-21(11-23)43(62)63-19(3)31(40(56)57)26-14-29(32(48-26)41(58)59)64-24-12-27(44-15-24)36(51)46-22-8-4-6-20(10-22)39(54)55/h4-11,17-19,24-31,33,44-45,50H,12-16H2,1-3H3,(H,46,51)(H,47,52)(H,54,55)(H,56,57)(H,58,59)(H,60,61)/t17-,18-,19-,24-,25-,26?,27-,28-,29?,30-,31?,33-/m1/s1. The van der Waals surface area contributed by atoms with E-state index in [0.29, 0.717) is 36.5 Å². The number of ether oxygens (including phenoxy) is 1. The number of aromatic carboxylic acids is 1. The van der Waals surface area contributed by atoms with Gasteiger partial charge in [-0.3, -0.25) is 24.2 Å². The number of carbonyl (C=O) groups excluding carboxylic acids is 4. The molecule has 0 radical (unpaired) electrons. The van der Waals surface area contributed by atoms with Crippen molar-refractivity contribution in [2.24, 2.45) is 22.7 Å². The second kappa shape index (κ2) is 19.3. The number of nitrogens with zero attached hydrogens (tertiary/aromatic N) is 2. The minimum absolute atomic E-state index is 0.00105. The number of nitrogens with one attached hydrogen (secondary N) is 4. The highest BCUT2D eigenvalue weighted by Gasteiger charge is 2.60. The third kappa shape index (κ3) is 9.91. The van der Waals surface area contributed by atoms with Gasteiger partial charge in [-0.15, -0.1) is 23.5 Å². The van der Waals surface area contributed by atoms with Gasteiger partial charge in [-0.1, -0.05) is 19.1 Å². The van der Waals surface area contributed by atoms with E-state index in [0.717, 1.165) is 0 Å². The number of aliphatic hydroxyl groups is 1. The summed E-state index contributed by atoms with van der Waals surface area (Å²) in [5.41, 5.74) is 0.217. The number of amides is 3. The molecule has 3 unspecified atom stereocenters. The van der Waals surface area contributed by atoms with E-state index in [1.54, 1.807) is 12.1 Å². The van der Waals surface area contributed by atoms with Gasteiger partial charge in [0, 0.05) is 45.8 Å². The van der Waals surface area contributed by atoms with E-state index in [9.17, 15) is 63.9 Å². The Hall–Kier alpha value is -5.81. The number of aliphatic hydroxyl groups excluding tert-OH is 1. The number of aliphatic imine (C=N–C) groups is 1. The number of β-lactam (4-membered cyclic amide) rings is 1. The van der Waals surface area contributed by atoms with Crippen LogP contribution >= 0.6 is 23.5 Å². The number of thioether (sulfide) groups is 2. The van der Waals surface area contributed by atoms with Crippen molar-refractivity contribution in [2.75, 3.05) is 23.7 Å². The van der Waals surface area contributed by atoms with Gasteiger partial charge in [-0.2, -0.15) is 0 Å². The van der Waals surface area contributed by atoms with Crippen LogP contribution in [0.5, 0.6) is 0 Å². The highest BCUT2D eigenvalue weighted by Crippen LogP contribution is 2.52. The van der Waals surface area contributed by atoms with Crippen LogP contribution < -0.4 is 21.3 Å². The van der Waals surface area contributed by atoms with E-state index < -0.39 is 101 Å². The van der Waals surface area contributed by atoms with Crippen molar-refractivity contribution in [3.05, 3.63) is 70.3 Å². The number of carbonyl (C=O) groups is 8. The molecule has 2 aromatic rings. The van der Waals surface area contributed by atoms with Gasteiger partial charge in [-0.05, 0) is 69.5 Å². The normalized spacial score (nSPS) is 28.4. The number of carboxylic acids is 4. The van der Waals surface area contributed by atoms with E-state index in [4.69, 9.17) is 4.74 Å². The Balaban J connectivity index is 0.922. The number of rotatable bonds is 17. The molecule has 3 fully saturated rings. The fraction of sp³-hybridized carbons (Fsp3) is 0.465. The molecule has 0 saturated carbocycles. The Kier molecular flexibility index (Phi) is 14.0. The molecule has 5 aliphatic rings. The summed E-state index contributed by atoms with van der Waals surface area (Å²) in [6, 6.07) is 8.76. The number of hydrogen-bond donors (Lipinski definition) is 9. The molecule has 3 amide bonds. The minimum atomic E-state index is -1.43. The largest absolute Gasteiger partial charge is 0.481 e. The zero-order valence-electron chi connectivity index (χ0n) is 35.2. The summed E-state index contributed by atoms with van der Waals surface area (Å²) in [6.07, 6.45) is -1.57. The van der Waals surface area contributed by atoms with Crippen molar-refractivity contribution in [1.82, 2.24) is 15.5 Å². The first-order valence-corrected chi connectivity index (χ1v) is 22.7. The van der Waals surface area contributed by atoms with Gasteiger partial charge in [-0.25, -0.2) is 19.2 Å². The quantitative estimate of drug-likeness (QED) is 0.0809. The second-order valence-corrected chi connectivity index (χ2v) is 19.5. The predicted octanol–water partition coefficient (Wildman–Crippen LogP) is 1.96. The molecule has 346 valence electrons. The van der Waals surface area contributed by atoms with E-state index in [1.165, 1.54) is 78.7 Å². The van der Waals surface area contributed by atoms with Crippen molar-refractivity contribution < 1.29 is 68.6 Å². The molecule has 65 heavy (non-hydrogen) atoms. The molecule has 5 heterocycles. The van der Waals surface area contributed by atoms with Crippen molar-refractivity contribution >= 4 is 88.2 Å². The number of esters is 1. The van der Waals surface area contributed by atoms with Crippen molar-refractivity contribution in [3.63, 3.8) is 0 Å². The van der Waals surface area contributed by atoms with Crippen LogP contribution in [0.25, 0.3) is 0 Å². The lowest BCUT2D eigenvalue weighted by molar-refractivity contribution is -0.163. The van der Waals surface area contributed by atoms with E-state index in [-0.39, 0.29) is 51.1 Å². The molecule has 3 saturated heterocycles. The Morgan fingerprint density at radius 1 is 0.815 bits per heavy atom. The van der Waals surface area contributed by atoms with Gasteiger partial charge in [0.15, 0.2) is 0 Å². The molecule has 0 aliphatic carbocycles. The zero-order valence-corrected chi connectivity index (χ0v) is 36.8. The Morgan fingerprint density at radius 3 is 1.97 bits per heavy atom. The maximum absolute atomic E-state index is 13.4. The maximum Gasteiger partial charge on any atom is 0.353 e. The van der Waals surface area contributed by atoms with Crippen LogP contribution in [-0.2, 0) is 33.5 Å². The molecule has 9 N–H and O–H groups in total. The first-order chi connectivity index (χ1) is 30.8. The van der Waals surface area contributed by atoms with Gasteiger partial charge >= 0.3 is 29.8 Å². The third-order valence-electron chi connectivity index (χ3n) is 12.3. The molecule has 12 atom stereocenters. The molecule has 0 bridgehead atoms. The molecule has 22 heteroatoms. The molecule has 7 rings (SSSR count). The van der Waals surface area contributed by atoms with Gasteiger partial charge in [0.05, 0.1) is 52.6 Å². The fourth-order valence-corrected chi connectivity index (χ4v) is 12.2. The van der Waals surface area contributed by atoms with Crippen LogP contribution in [0, 0.1) is 17.8 Å². The average Bonchev–Trinajstić information content (AvgIpc) is 4.05. The molecule has 20 nitrogen and oxygen atoms in total. The van der Waals surface area contributed by atoms with Crippen LogP contribution in [-0.4, -0.2) is 149 Å². The number of benzene rings is 2. The van der Waals surface area contributed by atoms with Gasteiger partial charge in [0.1, 0.15) is 23.4 Å². The van der Waals surface area contributed by atoms with Gasteiger partial charge in [0.25, 0.3) is 0 Å². The summed E-state index contributed by atoms with van der Waals surface area (Å²) >= 11 is 2.55. The molecule has 2 aromatic carbocycles. The van der Waals surface area contributed by atoms with Gasteiger partial charge in [0.2, 0.25) is 17.7 Å². The summed E-state index contributed by atoms with van der Waals surface area (Å²) in [5, 5.41) is 60.2. The number of aliphatic carboxylic acids is 3. The van der Waals surface area contributed by atoms with Crippen molar-refractivity contribution in [1.29, 1.82) is 0 Å². The van der Waals surface area contributed by atoms with Gasteiger partial charge < -0.3 is 56.4 Å². The maximum atomic E-state index is 13.4. The average molecular weight is 937 g/mol. The first kappa shape index (κ1) is 47.2. The van der Waals surface area contributed by atoms with E-state index >= 15 is 0 Å². The molecule has 5 aliphatic heterocycles. The van der Waals surface area contributed by atoms with E-state index in [1.807, 2.05) is 6.92 Å². The van der Waals surface area contributed by atoms with Crippen molar-refractivity contribution in [3.8, 4) is 0 Å². The van der Waals surface area contributed by atoms with Crippen LogP contribution in [0.2, 0.25) is 0 Å². The summed E-state index contributed by atoms with van der Waals surface area (Å²) in [4.78, 5) is 107. The van der Waals surface area contributed by atoms with Crippen molar-refractivity contribution in [2.45, 2.75) is 92.2 Å². The number of hydrogen-bond acceptors (Lipinski definition) is 15. The lowest BCUT2D eigenvalue weighted by Crippen LogP contribution is -2.63. The highest BCUT2D eigenvalue weighted by atomic mass is 32.2. The minimum Gasteiger partial charge on any atom is -0.481 e. The van der Waals surface area contributed by atoms with Crippen LogP contribution in [0.15, 0.2) is 64.1 Å². The summed E-state index contributed by atoms with van der Waals surface area (Å²) < 4.78 is 5.62. The smallest absolute Gasteiger partial charge is 0.353 e. The molecule has 0 aromatic heterocycles. The first-order valence-electron chi connectivity index (χ1n) is 20.9. The summed E-state index contributed by atoms with van der Waals surface area (Å²) in [5.74, 6) is -9.67. The Morgan fingerprint density at radius 2 is 1.40 bits per heavy atom. The Bertz CT molecular complexity index is 2380. The lowest BCUT2D eigenvalue weighted by atomic mass is 9.79. The summed E-state index contributed by atoms with van der Waals surface area (Å²) in [7, 11) is 0. The molecule has 0 spiro atoms. The third-order valence-corrected chi connectivity index (χ3v) is 15.3. The lowest BCUT2D eigenvalue weighted by Gasteiger charge is -2.46. The highest BCUT2D eigenvalue weighted by molar-refractivity contribution is 8.03. The SMILES string of the molecule is C[C@@H](OC(=O)c1cccc(NC(=O)[C@H]2C[C@@H](SC3=C(C(=O)O)N4C(=O)[C@H]([C@@H](C)O)[C@H]4[C@H]3C)CN2)c1)C(C(=O)O)C1CC(S[C@H]2CN[C@@H](C(=O)Nc3cccc(C(=O)O)c3)C2)C(C(=O)O)=N1. The Labute approximate surface area is 380 Å². The number of carboxylic acid groups (broad SMARTS) is 4. The number of fused-ring (bicyclic) bond motifs is 1. The van der Waals surface area contributed by atoms with Crippen LogP contribution in [0.3, 0.4) is 0 Å². The predicted molar refractivity (Wildman–Crippen MR) is 236 cm³/mol. The fourth-order valence-electron chi connectivity index (χ4n) is 9.18.